The maximum Gasteiger partial charge on any atom is 0.187 e. The molecular formula is C10H10BrFO2. The van der Waals surface area contributed by atoms with E-state index in [0.717, 1.165) is 4.47 Å². The Bertz CT molecular complexity index is 345. The molecule has 0 saturated carbocycles. The molecular weight excluding hydrogens is 251 g/mol. The number of hydrogen-bond donors (Lipinski definition) is 1. The van der Waals surface area contributed by atoms with Crippen molar-refractivity contribution in [2.45, 2.75) is 11.8 Å². The van der Waals surface area contributed by atoms with Gasteiger partial charge in [-0.25, -0.2) is 4.39 Å². The van der Waals surface area contributed by atoms with Crippen molar-refractivity contribution < 1.29 is 14.2 Å². The molecule has 1 aliphatic heterocycles. The number of ether oxygens (including phenoxy) is 1. The average molecular weight is 261 g/mol. The highest BCUT2D eigenvalue weighted by atomic mass is 79.9. The second-order valence-corrected chi connectivity index (χ2v) is 4.32. The fourth-order valence-electron chi connectivity index (χ4n) is 1.57. The summed E-state index contributed by atoms with van der Waals surface area (Å²) in [5, 5.41) is 9.48. The summed E-state index contributed by atoms with van der Waals surface area (Å²) in [5.41, 5.74) is -1.30. The lowest BCUT2D eigenvalue weighted by Crippen LogP contribution is -2.33. The van der Waals surface area contributed by atoms with Crippen LogP contribution in [0.4, 0.5) is 4.39 Å². The Labute approximate surface area is 89.8 Å². The maximum atomic E-state index is 14.2. The molecule has 0 aromatic heterocycles. The van der Waals surface area contributed by atoms with Gasteiger partial charge in [0.15, 0.2) is 5.67 Å². The van der Waals surface area contributed by atoms with Crippen LogP contribution in [0.5, 0.6) is 0 Å². The molecule has 4 heteroatoms. The van der Waals surface area contributed by atoms with Crippen LogP contribution in [0.3, 0.4) is 0 Å². The van der Waals surface area contributed by atoms with E-state index in [-0.39, 0.29) is 13.2 Å². The first-order valence-electron chi connectivity index (χ1n) is 4.34. The fraction of sp³-hybridized carbons (Fsp3) is 0.400. The topological polar surface area (TPSA) is 29.5 Å². The Morgan fingerprint density at radius 2 is 2.36 bits per heavy atom. The van der Waals surface area contributed by atoms with Crippen LogP contribution in [0.1, 0.15) is 5.56 Å². The summed E-state index contributed by atoms with van der Waals surface area (Å²) < 4.78 is 19.9. The highest BCUT2D eigenvalue weighted by Crippen LogP contribution is 2.35. The van der Waals surface area contributed by atoms with Crippen LogP contribution >= 0.6 is 15.9 Å². The molecule has 14 heavy (non-hydrogen) atoms. The van der Waals surface area contributed by atoms with E-state index < -0.39 is 11.8 Å². The zero-order chi connectivity index (χ0) is 10.2. The molecule has 76 valence electrons. The second-order valence-electron chi connectivity index (χ2n) is 3.40. The number of aliphatic hydroxyl groups is 1. The number of rotatable bonds is 1. The third kappa shape index (κ3) is 1.58. The van der Waals surface area contributed by atoms with Gasteiger partial charge < -0.3 is 9.84 Å². The van der Waals surface area contributed by atoms with Crippen LogP contribution in [-0.4, -0.2) is 24.4 Å². The molecule has 2 nitrogen and oxygen atoms in total. The van der Waals surface area contributed by atoms with Gasteiger partial charge in [0.05, 0.1) is 13.2 Å². The van der Waals surface area contributed by atoms with E-state index in [2.05, 4.69) is 15.9 Å². The predicted octanol–water partition coefficient (Wildman–Crippen LogP) is 2.00. The molecule has 0 spiro atoms. The highest BCUT2D eigenvalue weighted by Gasteiger charge is 2.45. The van der Waals surface area contributed by atoms with Crippen molar-refractivity contribution in [3.63, 3.8) is 0 Å². The normalized spacial score (nSPS) is 32.1. The van der Waals surface area contributed by atoms with Gasteiger partial charge >= 0.3 is 0 Å². The molecule has 1 N–H and O–H groups in total. The Kier molecular flexibility index (Phi) is 2.60. The molecule has 1 aromatic carbocycles. The molecule has 0 amide bonds. The molecule has 1 aliphatic rings. The van der Waals surface area contributed by atoms with Crippen LogP contribution in [-0.2, 0) is 10.4 Å². The number of hydrogen-bond acceptors (Lipinski definition) is 2. The van der Waals surface area contributed by atoms with Gasteiger partial charge in [-0.1, -0.05) is 28.1 Å². The second kappa shape index (κ2) is 3.61. The Morgan fingerprint density at radius 3 is 2.93 bits per heavy atom. The van der Waals surface area contributed by atoms with E-state index in [9.17, 15) is 9.50 Å². The SMILES string of the molecule is OC1COCC1(F)c1cccc(Br)c1. The molecule has 2 unspecified atom stereocenters. The summed E-state index contributed by atoms with van der Waals surface area (Å²) in [7, 11) is 0. The highest BCUT2D eigenvalue weighted by molar-refractivity contribution is 9.10. The van der Waals surface area contributed by atoms with E-state index >= 15 is 0 Å². The van der Waals surface area contributed by atoms with E-state index in [4.69, 9.17) is 4.74 Å². The van der Waals surface area contributed by atoms with Crippen LogP contribution in [0.25, 0.3) is 0 Å². The number of halogens is 2. The first-order chi connectivity index (χ1) is 6.63. The zero-order valence-corrected chi connectivity index (χ0v) is 9.00. The van der Waals surface area contributed by atoms with Crippen molar-refractivity contribution in [2.75, 3.05) is 13.2 Å². The molecule has 2 atom stereocenters. The summed E-state index contributed by atoms with van der Waals surface area (Å²) in [6.07, 6.45) is -1.07. The molecule has 1 aromatic rings. The van der Waals surface area contributed by atoms with Crippen molar-refractivity contribution in [3.05, 3.63) is 34.3 Å². The summed E-state index contributed by atoms with van der Waals surface area (Å²) >= 11 is 3.26. The summed E-state index contributed by atoms with van der Waals surface area (Å²) in [5.74, 6) is 0. The van der Waals surface area contributed by atoms with Crippen molar-refractivity contribution >= 4 is 15.9 Å². The Morgan fingerprint density at radius 1 is 1.57 bits per heavy atom. The van der Waals surface area contributed by atoms with Gasteiger partial charge in [-0.05, 0) is 17.7 Å². The van der Waals surface area contributed by atoms with E-state index in [1.54, 1.807) is 18.2 Å². The molecule has 1 fully saturated rings. The zero-order valence-electron chi connectivity index (χ0n) is 7.41. The van der Waals surface area contributed by atoms with Crippen LogP contribution in [0.2, 0.25) is 0 Å². The van der Waals surface area contributed by atoms with Crippen molar-refractivity contribution in [1.29, 1.82) is 0 Å². The van der Waals surface area contributed by atoms with Gasteiger partial charge in [-0.2, -0.15) is 0 Å². The quantitative estimate of drug-likeness (QED) is 0.837. The summed E-state index contributed by atoms with van der Waals surface area (Å²) in [6, 6.07) is 6.88. The maximum absolute atomic E-state index is 14.2. The molecule has 2 rings (SSSR count). The van der Waals surface area contributed by atoms with Crippen molar-refractivity contribution in [1.82, 2.24) is 0 Å². The van der Waals surface area contributed by atoms with Crippen molar-refractivity contribution in [3.8, 4) is 0 Å². The van der Waals surface area contributed by atoms with Gasteiger partial charge in [-0.3, -0.25) is 0 Å². The third-order valence-corrected chi connectivity index (χ3v) is 2.91. The smallest absolute Gasteiger partial charge is 0.187 e. The van der Waals surface area contributed by atoms with Gasteiger partial charge in [0.2, 0.25) is 0 Å². The standard InChI is InChI=1S/C10H10BrFO2/c11-8-3-1-2-7(4-8)10(12)6-14-5-9(10)13/h1-4,9,13H,5-6H2. The lowest BCUT2D eigenvalue weighted by atomic mass is 9.93. The minimum Gasteiger partial charge on any atom is -0.387 e. The monoisotopic (exact) mass is 260 g/mol. The van der Waals surface area contributed by atoms with Gasteiger partial charge in [0.1, 0.15) is 6.10 Å². The lowest BCUT2D eigenvalue weighted by Gasteiger charge is -2.21. The Hall–Kier alpha value is -0.450. The molecule has 0 radical (unpaired) electrons. The minimum absolute atomic E-state index is 0.0585. The first kappa shape index (κ1) is 10.1. The summed E-state index contributed by atoms with van der Waals surface area (Å²) in [4.78, 5) is 0. The van der Waals surface area contributed by atoms with Crippen molar-refractivity contribution in [2.24, 2.45) is 0 Å². The predicted molar refractivity (Wildman–Crippen MR) is 53.8 cm³/mol. The lowest BCUT2D eigenvalue weighted by molar-refractivity contribution is 0.0281. The van der Waals surface area contributed by atoms with E-state index in [1.807, 2.05) is 6.07 Å². The van der Waals surface area contributed by atoms with Gasteiger partial charge in [0, 0.05) is 4.47 Å². The van der Waals surface area contributed by atoms with E-state index in [0.29, 0.717) is 5.56 Å². The molecule has 1 saturated heterocycles. The Balaban J connectivity index is 2.38. The van der Waals surface area contributed by atoms with E-state index in [1.165, 1.54) is 0 Å². The number of benzene rings is 1. The fourth-order valence-corrected chi connectivity index (χ4v) is 1.97. The number of alkyl halides is 1. The summed E-state index contributed by atoms with van der Waals surface area (Å²) in [6.45, 7) is -0.0202. The molecule has 0 bridgehead atoms. The average Bonchev–Trinajstić information content (AvgIpc) is 2.49. The van der Waals surface area contributed by atoms with Gasteiger partial charge in [-0.15, -0.1) is 0 Å². The molecule has 0 aliphatic carbocycles. The molecule has 1 heterocycles. The number of aliphatic hydroxyl groups excluding tert-OH is 1. The largest absolute Gasteiger partial charge is 0.387 e. The van der Waals surface area contributed by atoms with Crippen LogP contribution in [0, 0.1) is 0 Å². The van der Waals surface area contributed by atoms with Crippen LogP contribution < -0.4 is 0 Å². The van der Waals surface area contributed by atoms with Gasteiger partial charge in [0.25, 0.3) is 0 Å². The third-order valence-electron chi connectivity index (χ3n) is 2.42. The minimum atomic E-state index is -1.76. The first-order valence-corrected chi connectivity index (χ1v) is 5.13. The van der Waals surface area contributed by atoms with Crippen LogP contribution in [0.15, 0.2) is 28.7 Å².